The fourth-order valence-electron chi connectivity index (χ4n) is 3.41. The molecule has 1 aromatic heterocycles. The van der Waals surface area contributed by atoms with Crippen LogP contribution in [0.1, 0.15) is 31.9 Å². The van der Waals surface area contributed by atoms with Crippen molar-refractivity contribution in [2.75, 3.05) is 0 Å². The molecule has 1 N–H and O–H groups in total. The number of carboxylic acid groups (broad SMARTS) is 1. The van der Waals surface area contributed by atoms with Crippen molar-refractivity contribution in [2.24, 2.45) is 5.92 Å². The average Bonchev–Trinajstić information content (AvgIpc) is 2.72. The van der Waals surface area contributed by atoms with E-state index in [0.29, 0.717) is 10.9 Å². The largest absolute Gasteiger partial charge is 0.548 e. The summed E-state index contributed by atoms with van der Waals surface area (Å²) in [6.07, 6.45) is 1.79. The van der Waals surface area contributed by atoms with Crippen molar-refractivity contribution < 1.29 is 14.7 Å². The molecular weight excluding hydrogens is 382 g/mol. The number of hydrogen-bond acceptors (Lipinski definition) is 5. The Labute approximate surface area is 174 Å². The zero-order chi connectivity index (χ0) is 21.7. The molecule has 7 nitrogen and oxygen atoms in total. The lowest BCUT2D eigenvalue weighted by atomic mass is 10.0. The molecule has 0 spiro atoms. The summed E-state index contributed by atoms with van der Waals surface area (Å²) >= 11 is 0. The molecule has 7 heteroatoms. The molecule has 1 amide bonds. The second-order valence-corrected chi connectivity index (χ2v) is 7.69. The van der Waals surface area contributed by atoms with E-state index in [0.717, 1.165) is 5.56 Å². The lowest BCUT2D eigenvalue weighted by Crippen LogP contribution is -2.51. The van der Waals surface area contributed by atoms with E-state index in [-0.39, 0.29) is 24.3 Å². The molecule has 0 saturated heterocycles. The highest BCUT2D eigenvalue weighted by Crippen LogP contribution is 2.16. The normalized spacial score (nSPS) is 13.2. The lowest BCUT2D eigenvalue weighted by molar-refractivity contribution is -0.308. The van der Waals surface area contributed by atoms with Gasteiger partial charge in [-0.15, -0.1) is 0 Å². The molecule has 30 heavy (non-hydrogen) atoms. The van der Waals surface area contributed by atoms with Crippen molar-refractivity contribution in [1.29, 1.82) is 0 Å². The first kappa shape index (κ1) is 21.2. The fourth-order valence-corrected chi connectivity index (χ4v) is 3.41. The van der Waals surface area contributed by atoms with E-state index in [1.165, 1.54) is 10.9 Å². The van der Waals surface area contributed by atoms with Gasteiger partial charge < -0.3 is 15.2 Å². The second kappa shape index (κ2) is 9.35. The topological polar surface area (TPSA) is 104 Å². The van der Waals surface area contributed by atoms with Crippen molar-refractivity contribution in [2.45, 2.75) is 38.8 Å². The van der Waals surface area contributed by atoms with E-state index >= 15 is 0 Å². The molecule has 0 aliphatic carbocycles. The number of carboxylic acids is 1. The Morgan fingerprint density at radius 1 is 1.07 bits per heavy atom. The van der Waals surface area contributed by atoms with Gasteiger partial charge >= 0.3 is 0 Å². The summed E-state index contributed by atoms with van der Waals surface area (Å²) in [7, 11) is 0. The standard InChI is InChI=1S/C23H25N3O4/c1-15(2)12-19(23(29)30)25-21(27)20(13-16-8-4-3-5-9-16)26-14-24-18-11-7-6-10-17(18)22(26)28/h3-11,14-15,19-20H,12-13H2,1-2H3,(H,25,27)(H,29,30)/p-1/t19-,20-/m0/s1. The minimum Gasteiger partial charge on any atom is -0.548 e. The number of fused-ring (bicyclic) bond motifs is 1. The molecule has 0 bridgehead atoms. The van der Waals surface area contributed by atoms with Gasteiger partial charge in [0.05, 0.1) is 29.2 Å². The Morgan fingerprint density at radius 3 is 2.40 bits per heavy atom. The van der Waals surface area contributed by atoms with E-state index < -0.39 is 24.0 Å². The van der Waals surface area contributed by atoms with Crippen LogP contribution in [0.25, 0.3) is 10.9 Å². The van der Waals surface area contributed by atoms with Crippen molar-refractivity contribution >= 4 is 22.8 Å². The van der Waals surface area contributed by atoms with Crippen molar-refractivity contribution in [3.8, 4) is 0 Å². The predicted molar refractivity (Wildman–Crippen MR) is 112 cm³/mol. The summed E-state index contributed by atoms with van der Waals surface area (Å²) < 4.78 is 1.27. The second-order valence-electron chi connectivity index (χ2n) is 7.69. The molecule has 0 fully saturated rings. The molecule has 0 radical (unpaired) electrons. The molecule has 2 aromatic carbocycles. The number of rotatable bonds is 8. The molecule has 0 saturated carbocycles. The highest BCUT2D eigenvalue weighted by molar-refractivity contribution is 5.86. The highest BCUT2D eigenvalue weighted by Gasteiger charge is 2.26. The molecule has 0 aliphatic heterocycles. The summed E-state index contributed by atoms with van der Waals surface area (Å²) in [6.45, 7) is 3.72. The van der Waals surface area contributed by atoms with Crippen LogP contribution in [0.5, 0.6) is 0 Å². The van der Waals surface area contributed by atoms with Crippen LogP contribution in [0.2, 0.25) is 0 Å². The third-order valence-electron chi connectivity index (χ3n) is 4.91. The number of para-hydroxylation sites is 1. The van der Waals surface area contributed by atoms with Gasteiger partial charge in [0.15, 0.2) is 0 Å². The van der Waals surface area contributed by atoms with Gasteiger partial charge in [0.2, 0.25) is 5.91 Å². The number of nitrogens with zero attached hydrogens (tertiary/aromatic N) is 2. The zero-order valence-corrected chi connectivity index (χ0v) is 16.9. The Kier molecular flexibility index (Phi) is 6.61. The number of carbonyl (C=O) groups is 2. The third-order valence-corrected chi connectivity index (χ3v) is 4.91. The Bertz CT molecular complexity index is 1090. The SMILES string of the molecule is CC(C)C[C@H](NC(=O)[C@H](Cc1ccccc1)n1cnc2ccccc2c1=O)C(=O)[O-]. The van der Waals surface area contributed by atoms with Crippen molar-refractivity contribution in [3.63, 3.8) is 0 Å². The summed E-state index contributed by atoms with van der Waals surface area (Å²) in [6, 6.07) is 14.0. The molecule has 1 heterocycles. The molecule has 3 aromatic rings. The zero-order valence-electron chi connectivity index (χ0n) is 16.9. The summed E-state index contributed by atoms with van der Waals surface area (Å²) in [5.74, 6) is -1.86. The van der Waals surface area contributed by atoms with Gasteiger partial charge in [0.1, 0.15) is 6.04 Å². The fraction of sp³-hybridized carbons (Fsp3) is 0.304. The van der Waals surface area contributed by atoms with Crippen LogP contribution in [-0.2, 0) is 16.0 Å². The minimum atomic E-state index is -1.35. The maximum atomic E-state index is 13.1. The highest BCUT2D eigenvalue weighted by atomic mass is 16.4. The summed E-state index contributed by atoms with van der Waals surface area (Å²) in [4.78, 5) is 42.0. The van der Waals surface area contributed by atoms with Crippen molar-refractivity contribution in [1.82, 2.24) is 14.9 Å². The van der Waals surface area contributed by atoms with Gasteiger partial charge in [-0.1, -0.05) is 56.3 Å². The quantitative estimate of drug-likeness (QED) is 0.610. The number of nitrogens with one attached hydrogen (secondary N) is 1. The predicted octanol–water partition coefficient (Wildman–Crippen LogP) is 1.46. The number of hydrogen-bond donors (Lipinski definition) is 1. The van der Waals surface area contributed by atoms with Gasteiger partial charge in [-0.3, -0.25) is 14.2 Å². The Hall–Kier alpha value is -3.48. The Balaban J connectivity index is 2.00. The van der Waals surface area contributed by atoms with E-state index in [1.54, 1.807) is 24.3 Å². The maximum absolute atomic E-state index is 13.1. The molecule has 0 unspecified atom stereocenters. The van der Waals surface area contributed by atoms with E-state index in [1.807, 2.05) is 44.2 Å². The van der Waals surface area contributed by atoms with Crippen LogP contribution in [0.4, 0.5) is 0 Å². The number of aromatic nitrogens is 2. The van der Waals surface area contributed by atoms with Crippen molar-refractivity contribution in [3.05, 3.63) is 76.8 Å². The van der Waals surface area contributed by atoms with Crippen LogP contribution < -0.4 is 16.0 Å². The van der Waals surface area contributed by atoms with Crippen LogP contribution in [0.3, 0.4) is 0 Å². The number of aliphatic carboxylic acids is 1. The summed E-state index contributed by atoms with van der Waals surface area (Å²) in [5.41, 5.74) is 1.02. The first-order valence-corrected chi connectivity index (χ1v) is 9.88. The first-order chi connectivity index (χ1) is 14.4. The Morgan fingerprint density at radius 2 is 1.73 bits per heavy atom. The molecule has 2 atom stereocenters. The van der Waals surface area contributed by atoms with E-state index in [2.05, 4.69) is 10.3 Å². The monoisotopic (exact) mass is 406 g/mol. The maximum Gasteiger partial charge on any atom is 0.261 e. The average molecular weight is 406 g/mol. The lowest BCUT2D eigenvalue weighted by Gasteiger charge is -2.26. The smallest absolute Gasteiger partial charge is 0.261 e. The third kappa shape index (κ3) is 4.92. The van der Waals surface area contributed by atoms with E-state index in [4.69, 9.17) is 0 Å². The molecule has 3 rings (SSSR count). The van der Waals surface area contributed by atoms with Crippen LogP contribution >= 0.6 is 0 Å². The minimum absolute atomic E-state index is 0.0471. The van der Waals surface area contributed by atoms with Gasteiger partial charge in [0, 0.05) is 6.42 Å². The molecule has 156 valence electrons. The number of amides is 1. The first-order valence-electron chi connectivity index (χ1n) is 9.88. The van der Waals surface area contributed by atoms with Crippen LogP contribution in [-0.4, -0.2) is 27.5 Å². The van der Waals surface area contributed by atoms with Crippen LogP contribution in [0, 0.1) is 5.92 Å². The van der Waals surface area contributed by atoms with Gasteiger partial charge in [-0.25, -0.2) is 4.98 Å². The molecule has 0 aliphatic rings. The number of benzene rings is 2. The van der Waals surface area contributed by atoms with Gasteiger partial charge in [-0.2, -0.15) is 0 Å². The van der Waals surface area contributed by atoms with Gasteiger partial charge in [-0.05, 0) is 30.0 Å². The van der Waals surface area contributed by atoms with Gasteiger partial charge in [0.25, 0.3) is 5.56 Å². The van der Waals surface area contributed by atoms with Crippen LogP contribution in [0.15, 0.2) is 65.7 Å². The van der Waals surface area contributed by atoms with E-state index in [9.17, 15) is 19.5 Å². The molecular formula is C23H24N3O4-. The summed E-state index contributed by atoms with van der Waals surface area (Å²) in [5, 5.41) is 14.5. The number of carbonyl (C=O) groups excluding carboxylic acids is 2.